The quantitative estimate of drug-likeness (QED) is 0.777. The highest BCUT2D eigenvalue weighted by molar-refractivity contribution is 7.92. The van der Waals surface area contributed by atoms with Crippen molar-refractivity contribution in [3.8, 4) is 0 Å². The van der Waals surface area contributed by atoms with E-state index in [1.54, 1.807) is 0 Å². The number of benzene rings is 2. The molecule has 2 aromatic rings. The van der Waals surface area contributed by atoms with E-state index in [1.165, 1.54) is 18.2 Å². The van der Waals surface area contributed by atoms with Crippen LogP contribution in [0.15, 0.2) is 42.5 Å². The van der Waals surface area contributed by atoms with Gasteiger partial charge in [0, 0.05) is 5.02 Å². The molecule has 26 heavy (non-hydrogen) atoms. The molecule has 0 fully saturated rings. The normalized spacial score (nSPS) is 12.5. The molecule has 0 aliphatic rings. The predicted molar refractivity (Wildman–Crippen MR) is 106 cm³/mol. The summed E-state index contributed by atoms with van der Waals surface area (Å²) in [5.74, 6) is -0.436. The van der Waals surface area contributed by atoms with Gasteiger partial charge in [-0.1, -0.05) is 53.0 Å². The molecule has 0 aliphatic heterocycles. The Morgan fingerprint density at radius 1 is 1.15 bits per heavy atom. The second-order valence-electron chi connectivity index (χ2n) is 6.07. The number of amides is 1. The number of nitrogens with one attached hydrogen (secondary N) is 1. The summed E-state index contributed by atoms with van der Waals surface area (Å²) in [6, 6.07) is 11.9. The van der Waals surface area contributed by atoms with E-state index < -0.39 is 15.9 Å². The molecule has 0 saturated heterocycles. The predicted octanol–water partition coefficient (Wildman–Crippen LogP) is 3.95. The molecule has 0 unspecified atom stereocenters. The zero-order valence-electron chi connectivity index (χ0n) is 14.7. The lowest BCUT2D eigenvalue weighted by molar-refractivity contribution is -0.120. The largest absolute Gasteiger partial charge is 0.348 e. The van der Waals surface area contributed by atoms with E-state index >= 15 is 0 Å². The molecular formula is C18H20Cl2N2O3S. The number of sulfonamides is 1. The highest BCUT2D eigenvalue weighted by Gasteiger charge is 2.24. The summed E-state index contributed by atoms with van der Waals surface area (Å²) in [5.41, 5.74) is 2.25. The van der Waals surface area contributed by atoms with Crippen LogP contribution < -0.4 is 9.62 Å². The van der Waals surface area contributed by atoms with Gasteiger partial charge in [-0.05, 0) is 37.6 Å². The van der Waals surface area contributed by atoms with Gasteiger partial charge in [0.2, 0.25) is 15.9 Å². The van der Waals surface area contributed by atoms with Crippen molar-refractivity contribution in [2.75, 3.05) is 17.1 Å². The summed E-state index contributed by atoms with van der Waals surface area (Å²) in [6.07, 6.45) is 1.02. The third-order valence-electron chi connectivity index (χ3n) is 3.82. The van der Waals surface area contributed by atoms with Gasteiger partial charge in [-0.25, -0.2) is 8.42 Å². The summed E-state index contributed by atoms with van der Waals surface area (Å²) in [7, 11) is -3.71. The summed E-state index contributed by atoms with van der Waals surface area (Å²) in [6.45, 7) is 3.44. The van der Waals surface area contributed by atoms with Crippen LogP contribution in [0, 0.1) is 6.92 Å². The van der Waals surface area contributed by atoms with E-state index in [4.69, 9.17) is 23.2 Å². The van der Waals surface area contributed by atoms with Gasteiger partial charge in [0.25, 0.3) is 0 Å². The number of anilines is 1. The Bertz CT molecular complexity index is 899. The van der Waals surface area contributed by atoms with E-state index in [1.807, 2.05) is 38.1 Å². The van der Waals surface area contributed by atoms with Gasteiger partial charge in [0.15, 0.2) is 0 Å². The number of carbonyl (C=O) groups excluding carboxylic acids is 1. The van der Waals surface area contributed by atoms with Gasteiger partial charge in [-0.2, -0.15) is 0 Å². The average molecular weight is 415 g/mol. The van der Waals surface area contributed by atoms with E-state index in [2.05, 4.69) is 5.32 Å². The van der Waals surface area contributed by atoms with Crippen LogP contribution in [-0.4, -0.2) is 27.1 Å². The molecule has 8 heteroatoms. The highest BCUT2D eigenvalue weighted by atomic mass is 35.5. The number of hydrogen-bond donors (Lipinski definition) is 1. The van der Waals surface area contributed by atoms with Crippen LogP contribution >= 0.6 is 23.2 Å². The third-order valence-corrected chi connectivity index (χ3v) is 5.49. The molecule has 0 saturated carbocycles. The summed E-state index contributed by atoms with van der Waals surface area (Å²) in [4.78, 5) is 12.4. The number of carbonyl (C=O) groups is 1. The first kappa shape index (κ1) is 20.6. The Morgan fingerprint density at radius 3 is 2.31 bits per heavy atom. The van der Waals surface area contributed by atoms with Crippen LogP contribution in [0.5, 0.6) is 0 Å². The van der Waals surface area contributed by atoms with Gasteiger partial charge < -0.3 is 5.32 Å². The van der Waals surface area contributed by atoms with Crippen molar-refractivity contribution < 1.29 is 13.2 Å². The minimum atomic E-state index is -3.71. The fourth-order valence-electron chi connectivity index (χ4n) is 2.42. The molecule has 0 aromatic heterocycles. The lowest BCUT2D eigenvalue weighted by atomic mass is 10.1. The first-order valence-electron chi connectivity index (χ1n) is 7.86. The van der Waals surface area contributed by atoms with Gasteiger partial charge in [-0.15, -0.1) is 0 Å². The molecule has 1 amide bonds. The molecule has 0 bridgehead atoms. The van der Waals surface area contributed by atoms with Crippen LogP contribution in [0.25, 0.3) is 0 Å². The first-order chi connectivity index (χ1) is 12.1. The fraction of sp³-hybridized carbons (Fsp3) is 0.278. The Morgan fingerprint density at radius 2 is 1.77 bits per heavy atom. The smallest absolute Gasteiger partial charge is 0.241 e. The molecule has 0 aliphatic carbocycles. The van der Waals surface area contributed by atoms with Crippen LogP contribution in [0.1, 0.15) is 24.1 Å². The van der Waals surface area contributed by atoms with Crippen LogP contribution in [0.3, 0.4) is 0 Å². The Balaban J connectivity index is 2.18. The van der Waals surface area contributed by atoms with Crippen molar-refractivity contribution in [2.24, 2.45) is 0 Å². The topological polar surface area (TPSA) is 66.5 Å². The maximum atomic E-state index is 12.4. The Hall–Kier alpha value is -1.76. The maximum absolute atomic E-state index is 12.4. The Kier molecular flexibility index (Phi) is 6.55. The molecule has 0 radical (unpaired) electrons. The van der Waals surface area contributed by atoms with Gasteiger partial charge in [0.1, 0.15) is 6.54 Å². The lowest BCUT2D eigenvalue weighted by Gasteiger charge is -2.24. The minimum Gasteiger partial charge on any atom is -0.348 e. The van der Waals surface area contributed by atoms with Crippen molar-refractivity contribution in [3.63, 3.8) is 0 Å². The number of aryl methyl sites for hydroxylation is 1. The average Bonchev–Trinajstić information content (AvgIpc) is 2.53. The highest BCUT2D eigenvalue weighted by Crippen LogP contribution is 2.30. The number of halogens is 2. The molecule has 5 nitrogen and oxygen atoms in total. The van der Waals surface area contributed by atoms with E-state index in [9.17, 15) is 13.2 Å². The van der Waals surface area contributed by atoms with Crippen LogP contribution in [-0.2, 0) is 14.8 Å². The molecule has 0 spiro atoms. The molecule has 1 N–H and O–H groups in total. The van der Waals surface area contributed by atoms with E-state index in [-0.39, 0.29) is 23.3 Å². The van der Waals surface area contributed by atoms with Gasteiger partial charge in [0.05, 0.1) is 23.0 Å². The Labute approximate surface area is 164 Å². The van der Waals surface area contributed by atoms with Crippen molar-refractivity contribution >= 4 is 44.8 Å². The second-order valence-corrected chi connectivity index (χ2v) is 8.82. The van der Waals surface area contributed by atoms with Crippen molar-refractivity contribution in [1.82, 2.24) is 5.32 Å². The second kappa shape index (κ2) is 8.29. The van der Waals surface area contributed by atoms with Gasteiger partial charge >= 0.3 is 0 Å². The summed E-state index contributed by atoms with van der Waals surface area (Å²) >= 11 is 12.0. The maximum Gasteiger partial charge on any atom is 0.241 e. The standard InChI is InChI=1S/C18H20Cl2N2O3S/c1-12-4-6-14(7-5-12)13(2)21-18(23)11-22(26(3,24)25)17-9-8-15(19)10-16(17)20/h4-10,13H,11H2,1-3H3,(H,21,23)/t13-/m0/s1. The fourth-order valence-corrected chi connectivity index (χ4v) is 3.85. The third kappa shape index (κ3) is 5.37. The minimum absolute atomic E-state index is 0.155. The van der Waals surface area contributed by atoms with Gasteiger partial charge in [-0.3, -0.25) is 9.10 Å². The zero-order valence-corrected chi connectivity index (χ0v) is 17.0. The number of hydrogen-bond acceptors (Lipinski definition) is 3. The summed E-state index contributed by atoms with van der Waals surface area (Å²) < 4.78 is 25.3. The first-order valence-corrected chi connectivity index (χ1v) is 10.5. The van der Waals surface area contributed by atoms with E-state index in [0.717, 1.165) is 21.7 Å². The monoisotopic (exact) mass is 414 g/mol. The van der Waals surface area contributed by atoms with Crippen molar-refractivity contribution in [3.05, 3.63) is 63.6 Å². The van der Waals surface area contributed by atoms with Crippen molar-refractivity contribution in [2.45, 2.75) is 19.9 Å². The molecule has 0 heterocycles. The van der Waals surface area contributed by atoms with Crippen LogP contribution in [0.4, 0.5) is 5.69 Å². The molecule has 1 atom stereocenters. The lowest BCUT2D eigenvalue weighted by Crippen LogP contribution is -2.41. The molecule has 2 aromatic carbocycles. The van der Waals surface area contributed by atoms with Crippen LogP contribution in [0.2, 0.25) is 10.0 Å². The molecule has 140 valence electrons. The van der Waals surface area contributed by atoms with E-state index in [0.29, 0.717) is 5.02 Å². The molecule has 2 rings (SSSR count). The summed E-state index contributed by atoms with van der Waals surface area (Å²) in [5, 5.41) is 3.34. The number of rotatable bonds is 6. The SMILES string of the molecule is Cc1ccc([C@H](C)NC(=O)CN(c2ccc(Cl)cc2Cl)S(C)(=O)=O)cc1. The van der Waals surface area contributed by atoms with Crippen molar-refractivity contribution in [1.29, 1.82) is 0 Å². The number of nitrogens with zero attached hydrogens (tertiary/aromatic N) is 1. The molecular weight excluding hydrogens is 395 g/mol. The zero-order chi connectivity index (χ0) is 19.5.